The number of hydrogen-bond donors (Lipinski definition) is 0. The number of benzene rings is 1. The molecule has 11 nitrogen and oxygen atoms in total. The van der Waals surface area contributed by atoms with Gasteiger partial charge in [0.05, 0.1) is 21.8 Å². The minimum atomic E-state index is -1.13. The molecule has 208 valence electrons. The Morgan fingerprint density at radius 2 is 1.74 bits per heavy atom. The normalized spacial score (nSPS) is 22.8. The minimum Gasteiger partial charge on any atom is -0.463 e. The van der Waals surface area contributed by atoms with E-state index in [4.69, 9.17) is 42.1 Å². The van der Waals surface area contributed by atoms with Gasteiger partial charge in [0, 0.05) is 31.0 Å². The molecule has 0 amide bonds. The molecule has 0 spiro atoms. The summed E-state index contributed by atoms with van der Waals surface area (Å²) in [6, 6.07) is 1.69. The van der Waals surface area contributed by atoms with E-state index in [2.05, 4.69) is 15.3 Å². The van der Waals surface area contributed by atoms with Crippen LogP contribution in [0.15, 0.2) is 34.1 Å². The SMILES string of the molecule is CC(=O)OC[C@H]1O[C@H](Sc2cc(Cl)c(F)c(Cl)c2)[C@H](OC(C)=O)[C@@H](n2cc(-c3cscn3)nn2)[C@H]1OC(C)=O. The third-order valence-corrected chi connectivity index (χ3v) is 7.65. The van der Waals surface area contributed by atoms with E-state index in [0.29, 0.717) is 16.3 Å². The van der Waals surface area contributed by atoms with E-state index in [-0.39, 0.29) is 16.7 Å². The van der Waals surface area contributed by atoms with Gasteiger partial charge >= 0.3 is 17.9 Å². The number of hydrogen-bond acceptors (Lipinski definition) is 12. The minimum absolute atomic E-state index is 0.222. The van der Waals surface area contributed by atoms with Crippen LogP contribution in [0.4, 0.5) is 4.39 Å². The quantitative estimate of drug-likeness (QED) is 0.203. The molecule has 1 aliphatic rings. The van der Waals surface area contributed by atoms with Gasteiger partial charge in [-0.15, -0.1) is 16.4 Å². The maximum Gasteiger partial charge on any atom is 0.303 e. The van der Waals surface area contributed by atoms with Crippen molar-refractivity contribution in [2.24, 2.45) is 0 Å². The number of halogens is 3. The highest BCUT2D eigenvalue weighted by atomic mass is 35.5. The number of carbonyl (C=O) groups is 3. The van der Waals surface area contributed by atoms with Crippen molar-refractivity contribution in [3.05, 3.63) is 45.1 Å². The van der Waals surface area contributed by atoms with Gasteiger partial charge in [-0.25, -0.2) is 14.1 Å². The molecule has 0 aliphatic carbocycles. The van der Waals surface area contributed by atoms with Crippen molar-refractivity contribution < 1.29 is 37.7 Å². The zero-order valence-electron chi connectivity index (χ0n) is 20.6. The summed E-state index contributed by atoms with van der Waals surface area (Å²) in [6.07, 6.45) is -1.72. The predicted octanol–water partition coefficient (Wildman–Crippen LogP) is 4.33. The van der Waals surface area contributed by atoms with E-state index < -0.39 is 53.5 Å². The summed E-state index contributed by atoms with van der Waals surface area (Å²) in [4.78, 5) is 40.7. The molecule has 1 aromatic carbocycles. The Kier molecular flexibility index (Phi) is 9.43. The van der Waals surface area contributed by atoms with E-state index in [0.717, 1.165) is 11.8 Å². The number of esters is 3. The molecular weight excluding hydrogens is 598 g/mol. The molecule has 3 aromatic rings. The number of thiazole rings is 1. The highest BCUT2D eigenvalue weighted by Gasteiger charge is 2.52. The van der Waals surface area contributed by atoms with Crippen LogP contribution >= 0.6 is 46.3 Å². The van der Waals surface area contributed by atoms with Gasteiger partial charge in [-0.2, -0.15) is 0 Å². The largest absolute Gasteiger partial charge is 0.463 e. The molecule has 0 radical (unpaired) electrons. The van der Waals surface area contributed by atoms with Gasteiger partial charge in [0.15, 0.2) is 18.0 Å². The fourth-order valence-corrected chi connectivity index (χ4v) is 6.24. The summed E-state index contributed by atoms with van der Waals surface area (Å²) in [6.45, 7) is 3.33. The Bertz CT molecular complexity index is 1340. The van der Waals surface area contributed by atoms with E-state index in [1.54, 1.807) is 17.1 Å². The third-order valence-electron chi connectivity index (χ3n) is 5.39. The summed E-state index contributed by atoms with van der Waals surface area (Å²) in [5, 5.41) is 9.70. The van der Waals surface area contributed by atoms with Crippen LogP contribution in [0.1, 0.15) is 26.8 Å². The van der Waals surface area contributed by atoms with Gasteiger partial charge in [-0.05, 0) is 12.1 Å². The van der Waals surface area contributed by atoms with Crippen molar-refractivity contribution in [3.63, 3.8) is 0 Å². The molecular formula is C23H21Cl2FN4O7S2. The van der Waals surface area contributed by atoms with Crippen LogP contribution in [0, 0.1) is 5.82 Å². The standard InChI is InChI=1S/C23H21Cl2FN4O7S2/c1-10(31)34-7-18-21(35-11(2)32)20(30-6-16(28-29-30)17-8-38-9-27-17)22(36-12(3)33)23(37-18)39-13-4-14(24)19(26)15(25)5-13/h4-6,8-9,18,20-23H,7H2,1-3H3/t18-,20+,21+,22-,23-/m1/s1. The third kappa shape index (κ3) is 7.06. The summed E-state index contributed by atoms with van der Waals surface area (Å²) in [7, 11) is 0. The molecule has 3 heterocycles. The van der Waals surface area contributed by atoms with Crippen molar-refractivity contribution in [1.29, 1.82) is 0 Å². The summed E-state index contributed by atoms with van der Waals surface area (Å²) in [5.74, 6) is -2.70. The molecule has 2 aromatic heterocycles. The van der Waals surface area contributed by atoms with Gasteiger partial charge < -0.3 is 18.9 Å². The highest BCUT2D eigenvalue weighted by Crippen LogP contribution is 2.42. The Morgan fingerprint density at radius 1 is 1.08 bits per heavy atom. The molecule has 0 bridgehead atoms. The van der Waals surface area contributed by atoms with Crippen molar-refractivity contribution in [2.45, 2.75) is 55.5 Å². The van der Waals surface area contributed by atoms with Crippen LogP contribution in [-0.2, 0) is 33.3 Å². The number of ether oxygens (including phenoxy) is 4. The first-order chi connectivity index (χ1) is 18.5. The Hall–Kier alpha value is -2.78. The Balaban J connectivity index is 1.80. The molecule has 5 atom stereocenters. The lowest BCUT2D eigenvalue weighted by atomic mass is 9.96. The highest BCUT2D eigenvalue weighted by molar-refractivity contribution is 7.99. The molecule has 1 saturated heterocycles. The Morgan fingerprint density at radius 3 is 2.33 bits per heavy atom. The lowest BCUT2D eigenvalue weighted by Gasteiger charge is -2.44. The van der Waals surface area contributed by atoms with Crippen molar-refractivity contribution >= 4 is 64.2 Å². The zero-order valence-corrected chi connectivity index (χ0v) is 23.7. The monoisotopic (exact) mass is 618 g/mol. The second-order valence-corrected chi connectivity index (χ2v) is 11.0. The van der Waals surface area contributed by atoms with Crippen LogP contribution in [0.2, 0.25) is 10.0 Å². The van der Waals surface area contributed by atoms with Crippen molar-refractivity contribution in [1.82, 2.24) is 20.0 Å². The van der Waals surface area contributed by atoms with Gasteiger partial charge in [0.2, 0.25) is 0 Å². The fourth-order valence-electron chi connectivity index (χ4n) is 3.89. The molecule has 1 aliphatic heterocycles. The smallest absolute Gasteiger partial charge is 0.303 e. The van der Waals surface area contributed by atoms with E-state index in [1.165, 1.54) is 48.9 Å². The van der Waals surface area contributed by atoms with Gasteiger partial charge in [-0.1, -0.05) is 40.2 Å². The molecule has 0 saturated carbocycles. The maximum atomic E-state index is 14.1. The number of rotatable bonds is 8. The van der Waals surface area contributed by atoms with Gasteiger partial charge in [0.25, 0.3) is 0 Å². The van der Waals surface area contributed by atoms with Gasteiger partial charge in [-0.3, -0.25) is 14.4 Å². The van der Waals surface area contributed by atoms with Crippen LogP contribution in [0.5, 0.6) is 0 Å². The topological polar surface area (TPSA) is 132 Å². The first-order valence-corrected chi connectivity index (χ1v) is 13.9. The van der Waals surface area contributed by atoms with Crippen LogP contribution in [-0.4, -0.2) is 68.2 Å². The van der Waals surface area contributed by atoms with E-state index in [1.807, 2.05) is 0 Å². The predicted molar refractivity (Wildman–Crippen MR) is 139 cm³/mol. The second-order valence-electron chi connectivity index (χ2n) is 8.26. The Labute approximate surface area is 239 Å². The van der Waals surface area contributed by atoms with Crippen LogP contribution in [0.3, 0.4) is 0 Å². The lowest BCUT2D eigenvalue weighted by Crippen LogP contribution is -2.57. The first-order valence-electron chi connectivity index (χ1n) is 11.3. The van der Waals surface area contributed by atoms with Crippen LogP contribution < -0.4 is 0 Å². The fraction of sp³-hybridized carbons (Fsp3) is 0.391. The molecule has 16 heteroatoms. The lowest BCUT2D eigenvalue weighted by molar-refractivity contribution is -0.212. The average Bonchev–Trinajstić information content (AvgIpc) is 3.55. The number of nitrogens with zero attached hydrogens (tertiary/aromatic N) is 4. The number of thioether (sulfide) groups is 1. The van der Waals surface area contributed by atoms with Crippen LogP contribution in [0.25, 0.3) is 11.4 Å². The van der Waals surface area contributed by atoms with Gasteiger partial charge in [0.1, 0.15) is 35.6 Å². The molecule has 1 fully saturated rings. The van der Waals surface area contributed by atoms with E-state index in [9.17, 15) is 18.8 Å². The maximum absolute atomic E-state index is 14.1. The van der Waals surface area contributed by atoms with E-state index >= 15 is 0 Å². The zero-order chi connectivity index (χ0) is 28.3. The summed E-state index contributed by atoms with van der Waals surface area (Å²) in [5.41, 5.74) is 1.61. The van der Waals surface area contributed by atoms with Crippen molar-refractivity contribution in [3.8, 4) is 11.4 Å². The molecule has 4 rings (SSSR count). The molecule has 39 heavy (non-hydrogen) atoms. The number of aromatic nitrogens is 4. The van der Waals surface area contributed by atoms with Crippen molar-refractivity contribution in [2.75, 3.05) is 6.61 Å². The first kappa shape index (κ1) is 29.2. The molecule has 0 unspecified atom stereocenters. The summed E-state index contributed by atoms with van der Waals surface area (Å²) >= 11 is 14.4. The second kappa shape index (κ2) is 12.6. The molecule has 0 N–H and O–H groups in total. The number of carbonyl (C=O) groups excluding carboxylic acids is 3. The average molecular weight is 619 g/mol. The summed E-state index contributed by atoms with van der Waals surface area (Å²) < 4.78 is 38.1.